The van der Waals surface area contributed by atoms with E-state index in [-0.39, 0.29) is 11.8 Å². The molecule has 0 saturated heterocycles. The van der Waals surface area contributed by atoms with Gasteiger partial charge in [0.2, 0.25) is 10.0 Å². The summed E-state index contributed by atoms with van der Waals surface area (Å²) in [7, 11) is -3.12. The second kappa shape index (κ2) is 6.82. The van der Waals surface area contributed by atoms with Crippen LogP contribution in [0.2, 0.25) is 0 Å². The molecule has 0 spiro atoms. The highest BCUT2D eigenvalue weighted by Crippen LogP contribution is 2.27. The first-order valence-electron chi connectivity index (χ1n) is 6.15. The summed E-state index contributed by atoms with van der Waals surface area (Å²) in [6.07, 6.45) is 6.10. The molecular formula is C11H22ClNO2S. The van der Waals surface area contributed by atoms with Crippen molar-refractivity contribution < 1.29 is 8.42 Å². The van der Waals surface area contributed by atoms with Crippen LogP contribution in [0, 0.1) is 5.92 Å². The lowest BCUT2D eigenvalue weighted by Gasteiger charge is -2.31. The van der Waals surface area contributed by atoms with Crippen LogP contribution >= 0.6 is 11.6 Å². The summed E-state index contributed by atoms with van der Waals surface area (Å²) in [5.41, 5.74) is 0. The molecule has 0 aromatic rings. The fourth-order valence-electron chi connectivity index (χ4n) is 2.39. The number of sulfonamides is 1. The number of hydrogen-bond donors (Lipinski definition) is 1. The molecule has 1 rings (SSSR count). The summed E-state index contributed by atoms with van der Waals surface area (Å²) >= 11 is 5.51. The second-order valence-corrected chi connectivity index (χ2v) is 6.79. The van der Waals surface area contributed by atoms with Gasteiger partial charge >= 0.3 is 0 Å². The molecule has 0 aromatic carbocycles. The van der Waals surface area contributed by atoms with Gasteiger partial charge in [-0.1, -0.05) is 26.2 Å². The predicted molar refractivity (Wildman–Crippen MR) is 68.3 cm³/mol. The molecule has 0 amide bonds. The van der Waals surface area contributed by atoms with E-state index in [0.29, 0.717) is 18.2 Å². The molecule has 3 nitrogen and oxygen atoms in total. The molecule has 1 N–H and O–H groups in total. The van der Waals surface area contributed by atoms with Gasteiger partial charge in [0.1, 0.15) is 0 Å². The van der Waals surface area contributed by atoms with Crippen LogP contribution in [0.4, 0.5) is 0 Å². The topological polar surface area (TPSA) is 46.2 Å². The fourth-order valence-corrected chi connectivity index (χ4v) is 4.09. The molecule has 96 valence electrons. The summed E-state index contributed by atoms with van der Waals surface area (Å²) in [4.78, 5) is 0. The Labute approximate surface area is 104 Å². The zero-order valence-corrected chi connectivity index (χ0v) is 11.5. The standard InChI is InChI=1S/C11H22ClNO2S/c1-2-10-6-3-4-7-11(10)13-16(14,15)9-5-8-12/h10-11,13H,2-9H2,1H3. The molecule has 2 unspecified atom stereocenters. The lowest BCUT2D eigenvalue weighted by molar-refractivity contribution is 0.282. The molecule has 5 heteroatoms. The normalized spacial score (nSPS) is 26.9. The van der Waals surface area contributed by atoms with E-state index in [1.807, 2.05) is 0 Å². The lowest BCUT2D eigenvalue weighted by Crippen LogP contribution is -2.42. The van der Waals surface area contributed by atoms with E-state index in [1.165, 1.54) is 6.42 Å². The van der Waals surface area contributed by atoms with Crippen molar-refractivity contribution in [1.82, 2.24) is 4.72 Å². The molecule has 1 aliphatic rings. The Morgan fingerprint density at radius 3 is 2.62 bits per heavy atom. The number of hydrogen-bond acceptors (Lipinski definition) is 2. The van der Waals surface area contributed by atoms with Gasteiger partial charge in [0.15, 0.2) is 0 Å². The van der Waals surface area contributed by atoms with Crippen LogP contribution in [0.1, 0.15) is 45.4 Å². The Kier molecular flexibility index (Phi) is 6.08. The second-order valence-electron chi connectivity index (χ2n) is 4.54. The van der Waals surface area contributed by atoms with Crippen LogP contribution < -0.4 is 4.72 Å². The minimum atomic E-state index is -3.12. The number of nitrogens with one attached hydrogen (secondary N) is 1. The minimum Gasteiger partial charge on any atom is -0.212 e. The zero-order chi connectivity index (χ0) is 12.0. The first-order valence-corrected chi connectivity index (χ1v) is 8.33. The molecule has 0 bridgehead atoms. The first kappa shape index (κ1) is 14.3. The van der Waals surface area contributed by atoms with Crippen LogP contribution in [0.5, 0.6) is 0 Å². The quantitative estimate of drug-likeness (QED) is 0.752. The number of halogens is 1. The molecule has 16 heavy (non-hydrogen) atoms. The van der Waals surface area contributed by atoms with E-state index >= 15 is 0 Å². The summed E-state index contributed by atoms with van der Waals surface area (Å²) in [5, 5.41) is 0. The van der Waals surface area contributed by atoms with Crippen LogP contribution in [-0.4, -0.2) is 26.1 Å². The van der Waals surface area contributed by atoms with Gasteiger partial charge in [-0.15, -0.1) is 11.6 Å². The van der Waals surface area contributed by atoms with E-state index in [4.69, 9.17) is 11.6 Å². The molecule has 1 saturated carbocycles. The maximum Gasteiger partial charge on any atom is 0.211 e. The smallest absolute Gasteiger partial charge is 0.211 e. The van der Waals surface area contributed by atoms with Crippen LogP contribution in [0.25, 0.3) is 0 Å². The summed E-state index contributed by atoms with van der Waals surface area (Å²) < 4.78 is 26.3. The summed E-state index contributed by atoms with van der Waals surface area (Å²) in [6.45, 7) is 2.13. The monoisotopic (exact) mass is 267 g/mol. The Bertz CT molecular complexity index is 292. The average molecular weight is 268 g/mol. The van der Waals surface area contributed by atoms with E-state index in [0.717, 1.165) is 25.7 Å². The lowest BCUT2D eigenvalue weighted by atomic mass is 9.83. The Balaban J connectivity index is 2.50. The van der Waals surface area contributed by atoms with E-state index in [9.17, 15) is 8.42 Å². The van der Waals surface area contributed by atoms with Gasteiger partial charge in [0, 0.05) is 11.9 Å². The largest absolute Gasteiger partial charge is 0.212 e. The van der Waals surface area contributed by atoms with Gasteiger partial charge in [-0.05, 0) is 25.2 Å². The van der Waals surface area contributed by atoms with Gasteiger partial charge in [0.05, 0.1) is 5.75 Å². The number of alkyl halides is 1. The third-order valence-electron chi connectivity index (χ3n) is 3.31. The van der Waals surface area contributed by atoms with Gasteiger partial charge in [0.25, 0.3) is 0 Å². The highest BCUT2D eigenvalue weighted by atomic mass is 35.5. The molecule has 2 atom stereocenters. The minimum absolute atomic E-state index is 0.152. The molecule has 0 heterocycles. The van der Waals surface area contributed by atoms with Gasteiger partial charge in [-0.3, -0.25) is 0 Å². The van der Waals surface area contributed by atoms with E-state index in [1.54, 1.807) is 0 Å². The average Bonchev–Trinajstić information content (AvgIpc) is 2.27. The number of rotatable bonds is 6. The Hall–Kier alpha value is 0.200. The SMILES string of the molecule is CCC1CCCCC1NS(=O)(=O)CCCCl. The van der Waals surface area contributed by atoms with Crippen molar-refractivity contribution in [2.75, 3.05) is 11.6 Å². The Morgan fingerprint density at radius 2 is 2.00 bits per heavy atom. The zero-order valence-electron chi connectivity index (χ0n) is 9.91. The highest BCUT2D eigenvalue weighted by Gasteiger charge is 2.27. The van der Waals surface area contributed by atoms with Crippen molar-refractivity contribution in [2.24, 2.45) is 5.92 Å². The third kappa shape index (κ3) is 4.60. The van der Waals surface area contributed by atoms with E-state index < -0.39 is 10.0 Å². The molecule has 0 aliphatic heterocycles. The molecular weight excluding hydrogens is 246 g/mol. The highest BCUT2D eigenvalue weighted by molar-refractivity contribution is 7.89. The summed E-state index contributed by atoms with van der Waals surface area (Å²) in [5.74, 6) is 1.08. The maximum atomic E-state index is 11.7. The van der Waals surface area contributed by atoms with Gasteiger partial charge < -0.3 is 0 Å². The van der Waals surface area contributed by atoms with Crippen molar-refractivity contribution in [1.29, 1.82) is 0 Å². The van der Waals surface area contributed by atoms with Crippen molar-refractivity contribution >= 4 is 21.6 Å². The molecule has 1 fully saturated rings. The summed E-state index contributed by atoms with van der Waals surface area (Å²) in [6, 6.07) is 0.152. The molecule has 0 radical (unpaired) electrons. The third-order valence-corrected chi connectivity index (χ3v) is 5.07. The van der Waals surface area contributed by atoms with Crippen LogP contribution in [0.3, 0.4) is 0 Å². The van der Waals surface area contributed by atoms with Crippen molar-refractivity contribution in [3.63, 3.8) is 0 Å². The molecule has 0 aromatic heterocycles. The van der Waals surface area contributed by atoms with E-state index in [2.05, 4.69) is 11.6 Å². The first-order chi connectivity index (χ1) is 7.59. The predicted octanol–water partition coefficient (Wildman–Crippen LogP) is 2.50. The van der Waals surface area contributed by atoms with Gasteiger partial charge in [-0.25, -0.2) is 13.1 Å². The van der Waals surface area contributed by atoms with Crippen LogP contribution in [-0.2, 0) is 10.0 Å². The fraction of sp³-hybridized carbons (Fsp3) is 1.00. The Morgan fingerprint density at radius 1 is 1.31 bits per heavy atom. The maximum absolute atomic E-state index is 11.7. The van der Waals surface area contributed by atoms with Crippen molar-refractivity contribution in [2.45, 2.75) is 51.5 Å². The molecule has 1 aliphatic carbocycles. The van der Waals surface area contributed by atoms with Crippen molar-refractivity contribution in [3.05, 3.63) is 0 Å². The van der Waals surface area contributed by atoms with Crippen molar-refractivity contribution in [3.8, 4) is 0 Å². The van der Waals surface area contributed by atoms with Crippen LogP contribution in [0.15, 0.2) is 0 Å². The van der Waals surface area contributed by atoms with Gasteiger partial charge in [-0.2, -0.15) is 0 Å².